The maximum atomic E-state index is 13.9. The van der Waals surface area contributed by atoms with Crippen molar-refractivity contribution in [3.8, 4) is 11.1 Å². The maximum absolute atomic E-state index is 13.9. The first-order valence-corrected chi connectivity index (χ1v) is 8.34. The molecule has 0 aliphatic carbocycles. The third-order valence-electron chi connectivity index (χ3n) is 4.71. The van der Waals surface area contributed by atoms with Gasteiger partial charge in [0.25, 0.3) is 0 Å². The van der Waals surface area contributed by atoms with E-state index in [-0.39, 0.29) is 17.8 Å². The Balaban J connectivity index is 1.74. The molecule has 126 valence electrons. The Kier molecular flexibility index (Phi) is 4.61. The lowest BCUT2D eigenvalue weighted by Gasteiger charge is -2.17. The van der Waals surface area contributed by atoms with Crippen molar-refractivity contribution in [2.24, 2.45) is 11.1 Å². The molecule has 24 heavy (non-hydrogen) atoms. The van der Waals surface area contributed by atoms with Crippen LogP contribution in [0.3, 0.4) is 0 Å². The van der Waals surface area contributed by atoms with Crippen LogP contribution in [0.2, 0.25) is 5.02 Å². The van der Waals surface area contributed by atoms with Crippen molar-refractivity contribution in [2.75, 3.05) is 6.54 Å². The molecule has 1 heterocycles. The molecule has 1 aliphatic rings. The Morgan fingerprint density at radius 1 is 1.29 bits per heavy atom. The minimum atomic E-state index is -0.478. The topological polar surface area (TPSA) is 55.1 Å². The number of benzene rings is 2. The lowest BCUT2D eigenvalue weighted by Crippen LogP contribution is -2.35. The largest absolute Gasteiger partial charge is 0.352 e. The van der Waals surface area contributed by atoms with Crippen LogP contribution in [-0.2, 0) is 11.2 Å². The predicted octanol–water partition coefficient (Wildman–Crippen LogP) is 3.54. The summed E-state index contributed by atoms with van der Waals surface area (Å²) in [6.07, 6.45) is 1.46. The van der Waals surface area contributed by atoms with Crippen LogP contribution in [0.1, 0.15) is 18.9 Å². The van der Waals surface area contributed by atoms with E-state index in [1.807, 2.05) is 31.2 Å². The van der Waals surface area contributed by atoms with Gasteiger partial charge >= 0.3 is 0 Å². The van der Waals surface area contributed by atoms with Crippen LogP contribution in [0, 0.1) is 11.2 Å². The van der Waals surface area contributed by atoms with Gasteiger partial charge in [-0.2, -0.15) is 0 Å². The summed E-state index contributed by atoms with van der Waals surface area (Å²) in [6.45, 7) is 2.25. The predicted molar refractivity (Wildman–Crippen MR) is 94.3 cm³/mol. The molecule has 1 unspecified atom stereocenters. The zero-order valence-electron chi connectivity index (χ0n) is 13.5. The summed E-state index contributed by atoms with van der Waals surface area (Å²) >= 11 is 5.95. The summed E-state index contributed by atoms with van der Waals surface area (Å²) in [4.78, 5) is 12.0. The minimum absolute atomic E-state index is 0.0209. The van der Waals surface area contributed by atoms with E-state index in [1.165, 1.54) is 12.1 Å². The van der Waals surface area contributed by atoms with Crippen LogP contribution in [-0.4, -0.2) is 18.5 Å². The van der Waals surface area contributed by atoms with Gasteiger partial charge in [0.1, 0.15) is 5.82 Å². The normalized spacial score (nSPS) is 23.3. The quantitative estimate of drug-likeness (QED) is 0.889. The molecule has 1 aliphatic heterocycles. The molecular weight excluding hydrogens is 327 g/mol. The molecule has 2 aromatic rings. The first-order valence-electron chi connectivity index (χ1n) is 7.97. The fourth-order valence-corrected chi connectivity index (χ4v) is 3.34. The van der Waals surface area contributed by atoms with Crippen LogP contribution >= 0.6 is 11.6 Å². The maximum Gasteiger partial charge on any atom is 0.227 e. The molecule has 0 spiro atoms. The van der Waals surface area contributed by atoms with E-state index < -0.39 is 5.41 Å². The lowest BCUT2D eigenvalue weighted by atomic mass is 9.86. The molecule has 0 radical (unpaired) electrons. The number of halogens is 2. The summed E-state index contributed by atoms with van der Waals surface area (Å²) in [5.41, 5.74) is 7.59. The van der Waals surface area contributed by atoms with Gasteiger partial charge in [-0.15, -0.1) is 0 Å². The van der Waals surface area contributed by atoms with E-state index >= 15 is 0 Å². The molecule has 0 saturated carbocycles. The lowest BCUT2D eigenvalue weighted by molar-refractivity contribution is -0.126. The molecule has 5 heteroatoms. The number of amides is 1. The molecule has 3 rings (SSSR count). The average Bonchev–Trinajstić information content (AvgIpc) is 2.85. The van der Waals surface area contributed by atoms with Gasteiger partial charge in [0.2, 0.25) is 5.91 Å². The van der Waals surface area contributed by atoms with Crippen molar-refractivity contribution >= 4 is 17.5 Å². The number of nitrogens with one attached hydrogen (secondary N) is 1. The zero-order chi connectivity index (χ0) is 17.3. The van der Waals surface area contributed by atoms with Crippen LogP contribution < -0.4 is 11.1 Å². The van der Waals surface area contributed by atoms with Gasteiger partial charge < -0.3 is 11.1 Å². The SMILES string of the molecule is CC1(CN)C[C@@H](Cc2ccc(-c3cc(Cl)ccc3F)cc2)NC1=O. The summed E-state index contributed by atoms with van der Waals surface area (Å²) < 4.78 is 13.9. The first kappa shape index (κ1) is 16.9. The van der Waals surface area contributed by atoms with E-state index in [4.69, 9.17) is 17.3 Å². The molecular formula is C19H20ClFN2O. The molecule has 1 amide bonds. The van der Waals surface area contributed by atoms with Crippen LogP contribution in [0.25, 0.3) is 11.1 Å². The number of hydrogen-bond donors (Lipinski definition) is 2. The van der Waals surface area contributed by atoms with Crippen LogP contribution in [0.5, 0.6) is 0 Å². The van der Waals surface area contributed by atoms with Gasteiger partial charge in [-0.05, 0) is 49.1 Å². The highest BCUT2D eigenvalue weighted by molar-refractivity contribution is 6.30. The van der Waals surface area contributed by atoms with E-state index in [2.05, 4.69) is 5.32 Å². The smallest absolute Gasteiger partial charge is 0.227 e. The van der Waals surface area contributed by atoms with E-state index in [9.17, 15) is 9.18 Å². The monoisotopic (exact) mass is 346 g/mol. The Bertz CT molecular complexity index is 762. The Morgan fingerprint density at radius 2 is 2.00 bits per heavy atom. The average molecular weight is 347 g/mol. The van der Waals surface area contributed by atoms with E-state index in [0.29, 0.717) is 17.1 Å². The zero-order valence-corrected chi connectivity index (χ0v) is 14.2. The van der Waals surface area contributed by atoms with E-state index in [1.54, 1.807) is 6.07 Å². The Morgan fingerprint density at radius 3 is 2.62 bits per heavy atom. The number of carbonyl (C=O) groups excluding carboxylic acids is 1. The second kappa shape index (κ2) is 6.54. The standard InChI is InChI=1S/C19H20ClFN2O/c1-19(11-22)10-15(23-18(19)24)8-12-2-4-13(5-3-12)16-9-14(20)6-7-17(16)21/h2-7,9,15H,8,10-11,22H2,1H3,(H,23,24)/t15-,19?/m1/s1. The van der Waals surface area contributed by atoms with Crippen molar-refractivity contribution in [3.63, 3.8) is 0 Å². The van der Waals surface area contributed by atoms with Crippen molar-refractivity contribution in [2.45, 2.75) is 25.8 Å². The fraction of sp³-hybridized carbons (Fsp3) is 0.316. The van der Waals surface area contributed by atoms with Gasteiger partial charge in [0.05, 0.1) is 5.41 Å². The minimum Gasteiger partial charge on any atom is -0.352 e. The number of hydrogen-bond acceptors (Lipinski definition) is 2. The van der Waals surface area contributed by atoms with Gasteiger partial charge in [-0.25, -0.2) is 4.39 Å². The Labute approximate surface area is 146 Å². The molecule has 1 fully saturated rings. The second-order valence-electron chi connectivity index (χ2n) is 6.66. The molecule has 3 N–H and O–H groups in total. The molecule has 2 atom stereocenters. The first-order chi connectivity index (χ1) is 11.4. The molecule has 2 aromatic carbocycles. The highest BCUT2D eigenvalue weighted by Gasteiger charge is 2.41. The van der Waals surface area contributed by atoms with Crippen molar-refractivity contribution in [1.82, 2.24) is 5.32 Å². The van der Waals surface area contributed by atoms with Gasteiger partial charge in [-0.3, -0.25) is 4.79 Å². The van der Waals surface area contributed by atoms with Crippen LogP contribution in [0.4, 0.5) is 4.39 Å². The van der Waals surface area contributed by atoms with Crippen molar-refractivity contribution in [3.05, 3.63) is 58.9 Å². The highest BCUT2D eigenvalue weighted by Crippen LogP contribution is 2.31. The van der Waals surface area contributed by atoms with Gasteiger partial charge in [0.15, 0.2) is 0 Å². The highest BCUT2D eigenvalue weighted by atomic mass is 35.5. The number of carbonyl (C=O) groups is 1. The molecule has 1 saturated heterocycles. The Hall–Kier alpha value is -1.91. The summed E-state index contributed by atoms with van der Waals surface area (Å²) in [6, 6.07) is 12.3. The summed E-state index contributed by atoms with van der Waals surface area (Å²) in [7, 11) is 0. The fourth-order valence-electron chi connectivity index (χ4n) is 3.17. The third kappa shape index (κ3) is 3.30. The van der Waals surface area contributed by atoms with E-state index in [0.717, 1.165) is 24.0 Å². The van der Waals surface area contributed by atoms with Crippen LogP contribution in [0.15, 0.2) is 42.5 Å². The molecule has 0 aromatic heterocycles. The molecule has 3 nitrogen and oxygen atoms in total. The van der Waals surface area contributed by atoms with Crippen molar-refractivity contribution < 1.29 is 9.18 Å². The second-order valence-corrected chi connectivity index (χ2v) is 7.10. The third-order valence-corrected chi connectivity index (χ3v) is 4.94. The van der Waals surface area contributed by atoms with Crippen molar-refractivity contribution in [1.29, 1.82) is 0 Å². The number of rotatable bonds is 4. The number of nitrogens with two attached hydrogens (primary N) is 1. The van der Waals surface area contributed by atoms with Gasteiger partial charge in [-0.1, -0.05) is 35.9 Å². The summed E-state index contributed by atoms with van der Waals surface area (Å²) in [5, 5.41) is 3.52. The summed E-state index contributed by atoms with van der Waals surface area (Å²) in [5.74, 6) is -0.276. The van der Waals surface area contributed by atoms with Gasteiger partial charge in [0, 0.05) is 23.2 Å². The molecule has 0 bridgehead atoms.